The Morgan fingerprint density at radius 2 is 2.16 bits per heavy atom. The molecule has 19 heavy (non-hydrogen) atoms. The monoisotopic (exact) mass is 285 g/mol. The standard InChI is InChI=1S/C13H16FNO3S/c1-2-3-6-19-8-12(16)15-11-5-4-9(14)7-10(11)13(17)18/h4-5,7H,2-3,6,8H2,1H3,(H,15,16)(H,17,18). The number of thioether (sulfide) groups is 1. The van der Waals surface area contributed by atoms with E-state index in [-0.39, 0.29) is 22.9 Å². The first-order chi connectivity index (χ1) is 9.04. The van der Waals surface area contributed by atoms with Gasteiger partial charge in [0.15, 0.2) is 0 Å². The first kappa shape index (κ1) is 15.5. The molecule has 0 heterocycles. The Balaban J connectivity index is 2.61. The molecule has 0 saturated heterocycles. The molecule has 2 N–H and O–H groups in total. The summed E-state index contributed by atoms with van der Waals surface area (Å²) in [6.45, 7) is 2.07. The van der Waals surface area contributed by atoms with Gasteiger partial charge in [-0.3, -0.25) is 4.79 Å². The lowest BCUT2D eigenvalue weighted by Crippen LogP contribution is -2.17. The Labute approximate surface area is 115 Å². The number of hydrogen-bond acceptors (Lipinski definition) is 3. The van der Waals surface area contributed by atoms with Crippen LogP contribution in [0.2, 0.25) is 0 Å². The summed E-state index contributed by atoms with van der Waals surface area (Å²) in [5, 5.41) is 11.4. The van der Waals surface area contributed by atoms with Crippen molar-refractivity contribution in [2.45, 2.75) is 19.8 Å². The van der Waals surface area contributed by atoms with Crippen LogP contribution in [0, 0.1) is 5.82 Å². The molecule has 0 bridgehead atoms. The van der Waals surface area contributed by atoms with Crippen LogP contribution in [0.3, 0.4) is 0 Å². The van der Waals surface area contributed by atoms with E-state index >= 15 is 0 Å². The van der Waals surface area contributed by atoms with E-state index in [4.69, 9.17) is 5.11 Å². The van der Waals surface area contributed by atoms with E-state index in [9.17, 15) is 14.0 Å². The summed E-state index contributed by atoms with van der Waals surface area (Å²) in [7, 11) is 0. The van der Waals surface area contributed by atoms with Gasteiger partial charge in [-0.15, -0.1) is 0 Å². The molecule has 0 unspecified atom stereocenters. The first-order valence-electron chi connectivity index (χ1n) is 5.95. The van der Waals surface area contributed by atoms with Crippen LogP contribution in [-0.2, 0) is 4.79 Å². The number of rotatable bonds is 7. The maximum Gasteiger partial charge on any atom is 0.337 e. The summed E-state index contributed by atoms with van der Waals surface area (Å²) in [5.74, 6) is -1.05. The molecule has 6 heteroatoms. The smallest absolute Gasteiger partial charge is 0.337 e. The van der Waals surface area contributed by atoms with Crippen molar-refractivity contribution in [1.29, 1.82) is 0 Å². The van der Waals surface area contributed by atoms with E-state index in [1.807, 2.05) is 0 Å². The maximum absolute atomic E-state index is 13.0. The van der Waals surface area contributed by atoms with Crippen molar-refractivity contribution in [2.24, 2.45) is 0 Å². The van der Waals surface area contributed by atoms with Crippen LogP contribution >= 0.6 is 11.8 Å². The number of carbonyl (C=O) groups is 2. The molecule has 0 fully saturated rings. The predicted molar refractivity (Wildman–Crippen MR) is 74.2 cm³/mol. The molecule has 0 spiro atoms. The molecular weight excluding hydrogens is 269 g/mol. The van der Waals surface area contributed by atoms with Gasteiger partial charge in [-0.05, 0) is 30.4 Å². The molecule has 4 nitrogen and oxygen atoms in total. The van der Waals surface area contributed by atoms with Crippen LogP contribution in [0.5, 0.6) is 0 Å². The number of amides is 1. The molecule has 0 aliphatic carbocycles. The second-order valence-corrected chi connectivity index (χ2v) is 5.05. The highest BCUT2D eigenvalue weighted by molar-refractivity contribution is 7.99. The minimum atomic E-state index is -1.27. The van der Waals surface area contributed by atoms with E-state index in [0.29, 0.717) is 0 Å². The van der Waals surface area contributed by atoms with Crippen molar-refractivity contribution >= 4 is 29.3 Å². The lowest BCUT2D eigenvalue weighted by Gasteiger charge is -2.08. The fraction of sp³-hybridized carbons (Fsp3) is 0.385. The molecule has 1 aromatic rings. The second-order valence-electron chi connectivity index (χ2n) is 3.95. The Hall–Kier alpha value is -1.56. The highest BCUT2D eigenvalue weighted by atomic mass is 32.2. The quantitative estimate of drug-likeness (QED) is 0.756. The topological polar surface area (TPSA) is 66.4 Å². The number of nitrogens with one attached hydrogen (secondary N) is 1. The third-order valence-electron chi connectivity index (χ3n) is 2.36. The zero-order valence-electron chi connectivity index (χ0n) is 10.6. The summed E-state index contributed by atoms with van der Waals surface area (Å²) in [6.07, 6.45) is 2.10. The van der Waals surface area contributed by atoms with Crippen LogP contribution in [0.15, 0.2) is 18.2 Å². The number of halogens is 1. The normalized spacial score (nSPS) is 10.2. The summed E-state index contributed by atoms with van der Waals surface area (Å²) < 4.78 is 13.0. The number of carboxylic acid groups (broad SMARTS) is 1. The van der Waals surface area contributed by atoms with E-state index in [1.165, 1.54) is 17.8 Å². The molecule has 0 aromatic heterocycles. The number of anilines is 1. The molecule has 0 aliphatic heterocycles. The lowest BCUT2D eigenvalue weighted by molar-refractivity contribution is -0.113. The largest absolute Gasteiger partial charge is 0.478 e. The van der Waals surface area contributed by atoms with Crippen molar-refractivity contribution in [1.82, 2.24) is 0 Å². The second kappa shape index (κ2) is 7.78. The molecular formula is C13H16FNO3S. The summed E-state index contributed by atoms with van der Waals surface area (Å²) in [4.78, 5) is 22.5. The van der Waals surface area contributed by atoms with Crippen molar-refractivity contribution < 1.29 is 19.1 Å². The molecule has 104 valence electrons. The molecule has 1 aromatic carbocycles. The van der Waals surface area contributed by atoms with Crippen molar-refractivity contribution in [3.05, 3.63) is 29.6 Å². The van der Waals surface area contributed by atoms with Crippen molar-refractivity contribution in [3.63, 3.8) is 0 Å². The maximum atomic E-state index is 13.0. The van der Waals surface area contributed by atoms with Crippen LogP contribution in [0.1, 0.15) is 30.1 Å². The third-order valence-corrected chi connectivity index (χ3v) is 3.41. The van der Waals surface area contributed by atoms with Crippen LogP contribution in [0.25, 0.3) is 0 Å². The summed E-state index contributed by atoms with van der Waals surface area (Å²) in [6, 6.07) is 3.27. The van der Waals surface area contributed by atoms with E-state index in [2.05, 4.69) is 12.2 Å². The van der Waals surface area contributed by atoms with Crippen molar-refractivity contribution in [3.8, 4) is 0 Å². The molecule has 0 aliphatic rings. The predicted octanol–water partition coefficient (Wildman–Crippen LogP) is 3.00. The van der Waals surface area contributed by atoms with Gasteiger partial charge < -0.3 is 10.4 Å². The van der Waals surface area contributed by atoms with Crippen LogP contribution < -0.4 is 5.32 Å². The van der Waals surface area contributed by atoms with Gasteiger partial charge in [-0.25, -0.2) is 9.18 Å². The van der Waals surface area contributed by atoms with Gasteiger partial charge in [-0.1, -0.05) is 13.3 Å². The zero-order valence-corrected chi connectivity index (χ0v) is 11.4. The van der Waals surface area contributed by atoms with Crippen LogP contribution in [0.4, 0.5) is 10.1 Å². The highest BCUT2D eigenvalue weighted by Gasteiger charge is 2.13. The summed E-state index contributed by atoms with van der Waals surface area (Å²) in [5.41, 5.74) is -0.123. The lowest BCUT2D eigenvalue weighted by atomic mass is 10.1. The molecule has 0 atom stereocenters. The van der Waals surface area contributed by atoms with E-state index < -0.39 is 11.8 Å². The zero-order chi connectivity index (χ0) is 14.3. The van der Waals surface area contributed by atoms with Gasteiger partial charge in [0, 0.05) is 0 Å². The minimum Gasteiger partial charge on any atom is -0.478 e. The van der Waals surface area contributed by atoms with Gasteiger partial charge >= 0.3 is 5.97 Å². The molecule has 1 rings (SSSR count). The van der Waals surface area contributed by atoms with Gasteiger partial charge in [0.25, 0.3) is 0 Å². The number of carboxylic acids is 1. The molecule has 0 saturated carbocycles. The average Bonchev–Trinajstić information content (AvgIpc) is 2.36. The minimum absolute atomic E-state index is 0.120. The Morgan fingerprint density at radius 1 is 1.42 bits per heavy atom. The van der Waals surface area contributed by atoms with Crippen molar-refractivity contribution in [2.75, 3.05) is 16.8 Å². The van der Waals surface area contributed by atoms with E-state index in [0.717, 1.165) is 30.7 Å². The van der Waals surface area contributed by atoms with Gasteiger partial charge in [0.2, 0.25) is 5.91 Å². The van der Waals surface area contributed by atoms with Crippen LogP contribution in [-0.4, -0.2) is 28.5 Å². The first-order valence-corrected chi connectivity index (χ1v) is 7.10. The highest BCUT2D eigenvalue weighted by Crippen LogP contribution is 2.17. The molecule has 1 amide bonds. The number of unbranched alkanes of at least 4 members (excludes halogenated alkanes) is 1. The van der Waals surface area contributed by atoms with Gasteiger partial charge in [0.1, 0.15) is 5.82 Å². The number of benzene rings is 1. The van der Waals surface area contributed by atoms with Gasteiger partial charge in [0.05, 0.1) is 17.0 Å². The summed E-state index contributed by atoms with van der Waals surface area (Å²) >= 11 is 1.49. The Kier molecular flexibility index (Phi) is 6.35. The third kappa shape index (κ3) is 5.30. The Bertz CT molecular complexity index is 465. The average molecular weight is 285 g/mol. The SMILES string of the molecule is CCCCSCC(=O)Nc1ccc(F)cc1C(=O)O. The number of carbonyl (C=O) groups excluding carboxylic acids is 1. The van der Waals surface area contributed by atoms with E-state index in [1.54, 1.807) is 0 Å². The van der Waals surface area contributed by atoms with Gasteiger partial charge in [-0.2, -0.15) is 11.8 Å². The number of hydrogen-bond donors (Lipinski definition) is 2. The fourth-order valence-electron chi connectivity index (χ4n) is 1.40. The number of aromatic carboxylic acids is 1. The fourth-order valence-corrected chi connectivity index (χ4v) is 2.29. The molecule has 0 radical (unpaired) electrons. The Morgan fingerprint density at radius 3 is 2.79 bits per heavy atom.